The van der Waals surface area contributed by atoms with Gasteiger partial charge in [0.2, 0.25) is 0 Å². The average molecular weight is 171 g/mol. The van der Waals surface area contributed by atoms with E-state index in [2.05, 4.69) is 6.92 Å². The highest BCUT2D eigenvalue weighted by Crippen LogP contribution is 2.24. The minimum Gasteiger partial charge on any atom is -0.380 e. The molecule has 0 aromatic heterocycles. The second-order valence-corrected chi connectivity index (χ2v) is 3.86. The standard InChI is InChI=1S/C10H21NO/c1-2-10(11)8-12-7-9-5-3-4-6-9/h9-10H,2-8,11H2,1H3. The molecule has 1 unspecified atom stereocenters. The minimum absolute atomic E-state index is 0.242. The van der Waals surface area contributed by atoms with Crippen LogP contribution in [-0.2, 0) is 4.74 Å². The van der Waals surface area contributed by atoms with Gasteiger partial charge in [0.15, 0.2) is 0 Å². The second kappa shape index (κ2) is 5.55. The molecule has 0 aromatic carbocycles. The van der Waals surface area contributed by atoms with Crippen molar-refractivity contribution in [2.45, 2.75) is 45.1 Å². The van der Waals surface area contributed by atoms with Crippen molar-refractivity contribution in [1.82, 2.24) is 0 Å². The summed E-state index contributed by atoms with van der Waals surface area (Å²) in [5, 5.41) is 0. The van der Waals surface area contributed by atoms with E-state index in [1.807, 2.05) is 0 Å². The number of hydrogen-bond acceptors (Lipinski definition) is 2. The van der Waals surface area contributed by atoms with Crippen LogP contribution >= 0.6 is 0 Å². The molecule has 0 aromatic rings. The van der Waals surface area contributed by atoms with Gasteiger partial charge in [-0.25, -0.2) is 0 Å². The molecule has 2 N–H and O–H groups in total. The van der Waals surface area contributed by atoms with Crippen LogP contribution in [0.4, 0.5) is 0 Å². The van der Waals surface area contributed by atoms with Crippen LogP contribution in [0.2, 0.25) is 0 Å². The van der Waals surface area contributed by atoms with Crippen molar-refractivity contribution in [3.63, 3.8) is 0 Å². The molecule has 12 heavy (non-hydrogen) atoms. The van der Waals surface area contributed by atoms with Gasteiger partial charge in [0, 0.05) is 12.6 Å². The van der Waals surface area contributed by atoms with Gasteiger partial charge in [0.1, 0.15) is 0 Å². The number of ether oxygens (including phenoxy) is 1. The van der Waals surface area contributed by atoms with E-state index in [1.165, 1.54) is 25.7 Å². The summed E-state index contributed by atoms with van der Waals surface area (Å²) in [5.74, 6) is 0.828. The maximum Gasteiger partial charge on any atom is 0.0617 e. The Hall–Kier alpha value is -0.0800. The Morgan fingerprint density at radius 1 is 1.42 bits per heavy atom. The van der Waals surface area contributed by atoms with Gasteiger partial charge in [0.05, 0.1) is 6.61 Å². The lowest BCUT2D eigenvalue weighted by atomic mass is 10.1. The predicted octanol–water partition coefficient (Wildman–Crippen LogP) is 1.93. The highest BCUT2D eigenvalue weighted by Gasteiger charge is 2.14. The summed E-state index contributed by atoms with van der Waals surface area (Å²) in [6, 6.07) is 0.242. The monoisotopic (exact) mass is 171 g/mol. The van der Waals surface area contributed by atoms with Gasteiger partial charge in [-0.2, -0.15) is 0 Å². The maximum atomic E-state index is 5.73. The van der Waals surface area contributed by atoms with Crippen LogP contribution in [0.25, 0.3) is 0 Å². The van der Waals surface area contributed by atoms with E-state index in [-0.39, 0.29) is 6.04 Å². The van der Waals surface area contributed by atoms with E-state index in [9.17, 15) is 0 Å². The summed E-state index contributed by atoms with van der Waals surface area (Å²) < 4.78 is 5.55. The van der Waals surface area contributed by atoms with Gasteiger partial charge in [-0.1, -0.05) is 19.8 Å². The van der Waals surface area contributed by atoms with Crippen LogP contribution in [0.1, 0.15) is 39.0 Å². The zero-order valence-electron chi connectivity index (χ0n) is 8.09. The van der Waals surface area contributed by atoms with Crippen LogP contribution in [0.5, 0.6) is 0 Å². The molecule has 72 valence electrons. The van der Waals surface area contributed by atoms with E-state index in [0.717, 1.165) is 25.6 Å². The quantitative estimate of drug-likeness (QED) is 0.686. The van der Waals surface area contributed by atoms with Crippen LogP contribution in [-0.4, -0.2) is 19.3 Å². The largest absolute Gasteiger partial charge is 0.380 e. The lowest BCUT2D eigenvalue weighted by Gasteiger charge is -2.12. The van der Waals surface area contributed by atoms with Gasteiger partial charge in [-0.15, -0.1) is 0 Å². The SMILES string of the molecule is CCC(N)COCC1CCCC1. The predicted molar refractivity (Wildman–Crippen MR) is 51.0 cm³/mol. The van der Waals surface area contributed by atoms with Crippen molar-refractivity contribution in [1.29, 1.82) is 0 Å². The zero-order chi connectivity index (χ0) is 8.81. The normalized spacial score (nSPS) is 21.5. The highest BCUT2D eigenvalue weighted by molar-refractivity contribution is 4.66. The van der Waals surface area contributed by atoms with E-state index in [0.29, 0.717) is 0 Å². The minimum atomic E-state index is 0.242. The Labute approximate surface area is 75.5 Å². The molecule has 2 heteroatoms. The molecular formula is C10H21NO. The number of rotatable bonds is 5. The van der Waals surface area contributed by atoms with E-state index in [1.54, 1.807) is 0 Å². The second-order valence-electron chi connectivity index (χ2n) is 3.86. The smallest absolute Gasteiger partial charge is 0.0617 e. The summed E-state index contributed by atoms with van der Waals surface area (Å²) >= 11 is 0. The highest BCUT2D eigenvalue weighted by atomic mass is 16.5. The van der Waals surface area contributed by atoms with Gasteiger partial charge in [-0.05, 0) is 25.2 Å². The van der Waals surface area contributed by atoms with Crippen molar-refractivity contribution in [2.75, 3.05) is 13.2 Å². The van der Waals surface area contributed by atoms with Crippen LogP contribution in [0.15, 0.2) is 0 Å². The Morgan fingerprint density at radius 2 is 2.08 bits per heavy atom. The molecule has 0 aliphatic heterocycles. The maximum absolute atomic E-state index is 5.73. The third-order valence-corrected chi connectivity index (χ3v) is 2.68. The van der Waals surface area contributed by atoms with Crippen LogP contribution in [0, 0.1) is 5.92 Å². The van der Waals surface area contributed by atoms with E-state index < -0.39 is 0 Å². The number of nitrogens with two attached hydrogens (primary N) is 1. The first kappa shape index (κ1) is 10.0. The molecule has 0 bridgehead atoms. The molecule has 1 rings (SSSR count). The van der Waals surface area contributed by atoms with Crippen LogP contribution in [0.3, 0.4) is 0 Å². The fraction of sp³-hybridized carbons (Fsp3) is 1.00. The lowest BCUT2D eigenvalue weighted by Crippen LogP contribution is -2.26. The molecule has 0 heterocycles. The van der Waals surface area contributed by atoms with E-state index >= 15 is 0 Å². The van der Waals surface area contributed by atoms with Gasteiger partial charge < -0.3 is 10.5 Å². The molecule has 2 nitrogen and oxygen atoms in total. The first-order valence-electron chi connectivity index (χ1n) is 5.16. The Morgan fingerprint density at radius 3 is 2.67 bits per heavy atom. The van der Waals surface area contributed by atoms with Crippen molar-refractivity contribution in [2.24, 2.45) is 11.7 Å². The molecule has 0 spiro atoms. The first-order valence-corrected chi connectivity index (χ1v) is 5.16. The van der Waals surface area contributed by atoms with Gasteiger partial charge in [-0.3, -0.25) is 0 Å². The zero-order valence-corrected chi connectivity index (χ0v) is 8.09. The summed E-state index contributed by atoms with van der Waals surface area (Å²) in [6.07, 6.45) is 6.54. The summed E-state index contributed by atoms with van der Waals surface area (Å²) in [5.41, 5.74) is 5.73. The fourth-order valence-corrected chi connectivity index (χ4v) is 1.68. The van der Waals surface area contributed by atoms with E-state index in [4.69, 9.17) is 10.5 Å². The van der Waals surface area contributed by atoms with Crippen LogP contribution < -0.4 is 5.73 Å². The third kappa shape index (κ3) is 3.55. The molecule has 0 amide bonds. The van der Waals surface area contributed by atoms with Gasteiger partial charge >= 0.3 is 0 Å². The fourth-order valence-electron chi connectivity index (χ4n) is 1.68. The number of hydrogen-bond donors (Lipinski definition) is 1. The van der Waals surface area contributed by atoms with Crippen molar-refractivity contribution in [3.05, 3.63) is 0 Å². The third-order valence-electron chi connectivity index (χ3n) is 2.68. The molecule has 1 fully saturated rings. The van der Waals surface area contributed by atoms with Crippen molar-refractivity contribution in [3.8, 4) is 0 Å². The molecular weight excluding hydrogens is 150 g/mol. The molecule has 1 aliphatic carbocycles. The summed E-state index contributed by atoms with van der Waals surface area (Å²) in [4.78, 5) is 0. The molecule has 0 radical (unpaired) electrons. The first-order chi connectivity index (χ1) is 5.83. The van der Waals surface area contributed by atoms with Crippen molar-refractivity contribution < 1.29 is 4.74 Å². The van der Waals surface area contributed by atoms with Crippen molar-refractivity contribution >= 4 is 0 Å². The Kier molecular flexibility index (Phi) is 4.62. The summed E-state index contributed by atoms with van der Waals surface area (Å²) in [7, 11) is 0. The molecule has 0 saturated heterocycles. The molecule has 1 aliphatic rings. The summed E-state index contributed by atoms with van der Waals surface area (Å²) in [6.45, 7) is 3.78. The Balaban J connectivity index is 1.94. The molecule has 1 atom stereocenters. The topological polar surface area (TPSA) is 35.2 Å². The van der Waals surface area contributed by atoms with Gasteiger partial charge in [0.25, 0.3) is 0 Å². The lowest BCUT2D eigenvalue weighted by molar-refractivity contribution is 0.0897. The Bertz CT molecular complexity index is 110. The molecule has 1 saturated carbocycles. The average Bonchev–Trinajstić information content (AvgIpc) is 2.57.